The van der Waals surface area contributed by atoms with Crippen molar-refractivity contribution in [3.05, 3.63) is 151 Å². The van der Waals surface area contributed by atoms with Crippen molar-refractivity contribution < 1.29 is 4.42 Å². The second kappa shape index (κ2) is 9.93. The minimum Gasteiger partial charge on any atom is -0.456 e. The van der Waals surface area contributed by atoms with Crippen LogP contribution < -0.4 is 0 Å². The van der Waals surface area contributed by atoms with Gasteiger partial charge in [0, 0.05) is 32.9 Å². The molecule has 0 saturated carbocycles. The second-order valence-electron chi connectivity index (χ2n) is 13.2. The first-order valence-electron chi connectivity index (χ1n) is 16.4. The summed E-state index contributed by atoms with van der Waals surface area (Å²) in [7, 11) is 0. The Morgan fingerprint density at radius 1 is 0.438 bits per heavy atom. The van der Waals surface area contributed by atoms with Gasteiger partial charge in [-0.25, -0.2) is 15.0 Å². The summed E-state index contributed by atoms with van der Waals surface area (Å²) in [5, 5.41) is 6.92. The molecule has 0 bridgehead atoms. The Hall–Kier alpha value is -6.13. The van der Waals surface area contributed by atoms with Crippen LogP contribution in [0.3, 0.4) is 0 Å². The van der Waals surface area contributed by atoms with E-state index < -0.39 is 0 Å². The van der Waals surface area contributed by atoms with Gasteiger partial charge in [-0.1, -0.05) is 123 Å². The van der Waals surface area contributed by atoms with Gasteiger partial charge in [-0.05, 0) is 74.1 Å². The molecule has 4 heteroatoms. The molecule has 1 aliphatic carbocycles. The van der Waals surface area contributed by atoms with Crippen LogP contribution in [0, 0.1) is 0 Å². The third-order valence-corrected chi connectivity index (χ3v) is 10.1. The van der Waals surface area contributed by atoms with Gasteiger partial charge in [0.05, 0.1) is 0 Å². The molecule has 9 aromatic rings. The van der Waals surface area contributed by atoms with E-state index in [2.05, 4.69) is 92.7 Å². The van der Waals surface area contributed by atoms with Crippen LogP contribution in [0.4, 0.5) is 0 Å². The number of hydrogen-bond acceptors (Lipinski definition) is 4. The summed E-state index contributed by atoms with van der Waals surface area (Å²) in [5.41, 5.74) is 9.87. The van der Waals surface area contributed by atoms with Gasteiger partial charge >= 0.3 is 0 Å². The van der Waals surface area contributed by atoms with Gasteiger partial charge in [-0.2, -0.15) is 0 Å². The van der Waals surface area contributed by atoms with Crippen LogP contribution in [0.25, 0.3) is 88.8 Å². The molecule has 226 valence electrons. The first-order valence-corrected chi connectivity index (χ1v) is 16.4. The Morgan fingerprint density at radius 3 is 2.00 bits per heavy atom. The van der Waals surface area contributed by atoms with Crippen LogP contribution in [-0.2, 0) is 5.41 Å². The number of para-hydroxylation sites is 1. The number of furan rings is 1. The molecule has 2 heterocycles. The maximum absolute atomic E-state index is 6.22. The summed E-state index contributed by atoms with van der Waals surface area (Å²) in [6.07, 6.45) is 0. The summed E-state index contributed by atoms with van der Waals surface area (Å²) >= 11 is 0. The monoisotopic (exact) mass is 615 g/mol. The lowest BCUT2D eigenvalue weighted by molar-refractivity contribution is 0.661. The molecule has 48 heavy (non-hydrogen) atoms. The molecular formula is C44H29N3O. The summed E-state index contributed by atoms with van der Waals surface area (Å²) in [6.45, 7) is 4.66. The zero-order valence-corrected chi connectivity index (χ0v) is 26.5. The average molecular weight is 616 g/mol. The van der Waals surface area contributed by atoms with E-state index in [1.54, 1.807) is 0 Å². The zero-order valence-electron chi connectivity index (χ0n) is 26.5. The third kappa shape index (κ3) is 3.93. The molecule has 1 aliphatic rings. The van der Waals surface area contributed by atoms with E-state index >= 15 is 0 Å². The normalized spacial score (nSPS) is 13.4. The van der Waals surface area contributed by atoms with Gasteiger partial charge in [-0.15, -0.1) is 0 Å². The zero-order chi connectivity index (χ0) is 32.0. The Labute approximate surface area is 277 Å². The molecule has 0 spiro atoms. The molecule has 7 aromatic carbocycles. The van der Waals surface area contributed by atoms with Gasteiger partial charge in [0.15, 0.2) is 17.5 Å². The molecule has 10 rings (SSSR count). The fraction of sp³-hybridized carbons (Fsp3) is 0.0682. The molecule has 0 N–H and O–H groups in total. The first-order chi connectivity index (χ1) is 23.5. The van der Waals surface area contributed by atoms with Crippen molar-refractivity contribution in [2.75, 3.05) is 0 Å². The van der Waals surface area contributed by atoms with E-state index in [0.29, 0.717) is 17.5 Å². The van der Waals surface area contributed by atoms with Gasteiger partial charge in [0.1, 0.15) is 11.2 Å². The van der Waals surface area contributed by atoms with Crippen LogP contribution in [-0.4, -0.2) is 15.0 Å². The maximum atomic E-state index is 6.22. The molecule has 4 nitrogen and oxygen atoms in total. The predicted octanol–water partition coefficient (Wildman–Crippen LogP) is 11.4. The van der Waals surface area contributed by atoms with Crippen LogP contribution >= 0.6 is 0 Å². The summed E-state index contributed by atoms with van der Waals surface area (Å²) in [5.74, 6) is 1.89. The van der Waals surface area contributed by atoms with Gasteiger partial charge < -0.3 is 4.42 Å². The fourth-order valence-corrected chi connectivity index (χ4v) is 7.70. The lowest BCUT2D eigenvalue weighted by Crippen LogP contribution is -2.14. The molecule has 0 atom stereocenters. The Morgan fingerprint density at radius 2 is 1.12 bits per heavy atom. The maximum Gasteiger partial charge on any atom is 0.164 e. The van der Waals surface area contributed by atoms with Crippen LogP contribution in [0.15, 0.2) is 144 Å². The van der Waals surface area contributed by atoms with E-state index in [-0.39, 0.29) is 5.41 Å². The highest BCUT2D eigenvalue weighted by Gasteiger charge is 2.35. The molecule has 0 saturated heterocycles. The molecule has 0 unspecified atom stereocenters. The fourth-order valence-electron chi connectivity index (χ4n) is 7.70. The van der Waals surface area contributed by atoms with Crippen molar-refractivity contribution in [3.8, 4) is 45.3 Å². The van der Waals surface area contributed by atoms with Crippen molar-refractivity contribution in [2.45, 2.75) is 19.3 Å². The summed E-state index contributed by atoms with van der Waals surface area (Å²) < 4.78 is 6.22. The Kier molecular flexibility index (Phi) is 5.59. The van der Waals surface area contributed by atoms with E-state index in [9.17, 15) is 0 Å². The van der Waals surface area contributed by atoms with E-state index in [0.717, 1.165) is 44.0 Å². The highest BCUT2D eigenvalue weighted by atomic mass is 16.3. The van der Waals surface area contributed by atoms with Crippen molar-refractivity contribution in [1.29, 1.82) is 0 Å². The number of fused-ring (bicyclic) bond motifs is 9. The molecule has 2 aromatic heterocycles. The number of hydrogen-bond donors (Lipinski definition) is 0. The molecule has 0 radical (unpaired) electrons. The highest BCUT2D eigenvalue weighted by molar-refractivity contribution is 6.12. The van der Waals surface area contributed by atoms with Crippen LogP contribution in [0.5, 0.6) is 0 Å². The van der Waals surface area contributed by atoms with Gasteiger partial charge in [0.25, 0.3) is 0 Å². The standard InChI is InChI=1S/C44H29N3O/c1-44(2)36-16-8-6-13-31(36)35-25-34-28(24-37(35)44)20-19-27-23-29(21-22-30(27)34)42-45-41(26-11-4-3-5-12-26)46-43(47-42)33-15-10-18-39-40(33)32-14-7-9-17-38(32)48-39/h3-25H,1-2H3. The minimum absolute atomic E-state index is 0.0289. The summed E-state index contributed by atoms with van der Waals surface area (Å²) in [4.78, 5) is 15.2. The number of aromatic nitrogens is 3. The van der Waals surface area contributed by atoms with E-state index in [1.165, 1.54) is 38.4 Å². The summed E-state index contributed by atoms with van der Waals surface area (Å²) in [6, 6.07) is 49.0. The van der Waals surface area contributed by atoms with Crippen molar-refractivity contribution >= 4 is 43.5 Å². The average Bonchev–Trinajstić information content (AvgIpc) is 3.63. The Bertz CT molecular complexity index is 2760. The molecule has 0 fully saturated rings. The van der Waals surface area contributed by atoms with E-state index in [4.69, 9.17) is 19.4 Å². The van der Waals surface area contributed by atoms with Gasteiger partial charge in [-0.3, -0.25) is 0 Å². The highest BCUT2D eigenvalue weighted by Crippen LogP contribution is 2.50. The largest absolute Gasteiger partial charge is 0.456 e. The van der Waals surface area contributed by atoms with Crippen molar-refractivity contribution in [3.63, 3.8) is 0 Å². The molecular weight excluding hydrogens is 587 g/mol. The SMILES string of the molecule is CC1(C)c2ccccc2-c2cc3c(ccc4cc(-c5nc(-c6ccccc6)nc(-c6cccc7oc8ccccc8c67)n5)ccc43)cc21. The predicted molar refractivity (Wildman–Crippen MR) is 196 cm³/mol. The van der Waals surface area contributed by atoms with Crippen LogP contribution in [0.2, 0.25) is 0 Å². The topological polar surface area (TPSA) is 51.8 Å². The van der Waals surface area contributed by atoms with Crippen molar-refractivity contribution in [1.82, 2.24) is 15.0 Å². The number of benzene rings is 7. The third-order valence-electron chi connectivity index (χ3n) is 10.1. The minimum atomic E-state index is -0.0289. The first kappa shape index (κ1) is 27.0. The molecule has 0 aliphatic heterocycles. The quantitative estimate of drug-likeness (QED) is 0.186. The number of nitrogens with zero attached hydrogens (tertiary/aromatic N) is 3. The van der Waals surface area contributed by atoms with E-state index in [1.807, 2.05) is 60.7 Å². The molecule has 0 amide bonds. The number of rotatable bonds is 3. The smallest absolute Gasteiger partial charge is 0.164 e. The second-order valence-corrected chi connectivity index (χ2v) is 13.2. The Balaban J connectivity index is 1.17. The lowest BCUT2D eigenvalue weighted by atomic mass is 9.81. The lowest BCUT2D eigenvalue weighted by Gasteiger charge is -2.21. The van der Waals surface area contributed by atoms with Gasteiger partial charge in [0.2, 0.25) is 0 Å². The van der Waals surface area contributed by atoms with Crippen molar-refractivity contribution in [2.24, 2.45) is 0 Å². The van der Waals surface area contributed by atoms with Crippen LogP contribution in [0.1, 0.15) is 25.0 Å².